The summed E-state index contributed by atoms with van der Waals surface area (Å²) in [7, 11) is 0. The highest BCUT2D eigenvalue weighted by Gasteiger charge is 2.49. The molecule has 1 heterocycles. The van der Waals surface area contributed by atoms with E-state index in [9.17, 15) is 25.0 Å². The van der Waals surface area contributed by atoms with Crippen molar-refractivity contribution < 1.29 is 19.4 Å². The molecule has 156 valence electrons. The summed E-state index contributed by atoms with van der Waals surface area (Å²) in [5.41, 5.74) is 0.737. The SMILES string of the molecule is O=COc1ccc([N+](=O)[O-])c2c1NCC1CC(Sc3ccccc3[N+](=O)[O-])C(Cl)C21. The Morgan fingerprint density at radius 3 is 2.57 bits per heavy atom. The Bertz CT molecular complexity index is 1040. The summed E-state index contributed by atoms with van der Waals surface area (Å²) in [6.07, 6.45) is 0.637. The van der Waals surface area contributed by atoms with Crippen molar-refractivity contribution in [2.45, 2.75) is 27.9 Å². The zero-order chi connectivity index (χ0) is 21.4. The number of thioether (sulfide) groups is 1. The number of halogens is 1. The van der Waals surface area contributed by atoms with Crippen molar-refractivity contribution in [3.05, 3.63) is 62.2 Å². The fourth-order valence-corrected chi connectivity index (χ4v) is 6.28. The number of nitro groups is 2. The van der Waals surface area contributed by atoms with Crippen LogP contribution < -0.4 is 10.1 Å². The molecule has 9 nitrogen and oxygen atoms in total. The number of anilines is 1. The summed E-state index contributed by atoms with van der Waals surface area (Å²) < 4.78 is 5.00. The van der Waals surface area contributed by atoms with Gasteiger partial charge in [0.2, 0.25) is 0 Å². The van der Waals surface area contributed by atoms with Gasteiger partial charge in [-0.1, -0.05) is 12.1 Å². The van der Waals surface area contributed by atoms with Gasteiger partial charge in [-0.15, -0.1) is 23.4 Å². The molecule has 0 radical (unpaired) electrons. The molecule has 1 aliphatic carbocycles. The zero-order valence-electron chi connectivity index (χ0n) is 15.4. The van der Waals surface area contributed by atoms with E-state index in [2.05, 4.69) is 5.32 Å². The maximum absolute atomic E-state index is 11.7. The van der Waals surface area contributed by atoms with E-state index in [1.54, 1.807) is 18.2 Å². The Hall–Kier alpha value is -2.85. The molecule has 0 spiro atoms. The van der Waals surface area contributed by atoms with Gasteiger partial charge in [-0.05, 0) is 24.5 Å². The van der Waals surface area contributed by atoms with E-state index in [1.165, 1.54) is 30.0 Å². The summed E-state index contributed by atoms with van der Waals surface area (Å²) in [5, 5.41) is 25.5. The number of rotatable bonds is 6. The molecule has 1 N–H and O–H groups in total. The lowest BCUT2D eigenvalue weighted by molar-refractivity contribution is -0.387. The molecular weight excluding hydrogens is 434 g/mol. The number of hydrogen-bond donors (Lipinski definition) is 1. The number of alkyl halides is 1. The van der Waals surface area contributed by atoms with Crippen LogP contribution in [0.2, 0.25) is 0 Å². The van der Waals surface area contributed by atoms with Gasteiger partial charge in [-0.2, -0.15) is 0 Å². The van der Waals surface area contributed by atoms with Crippen LogP contribution in [0.5, 0.6) is 5.75 Å². The first-order valence-electron chi connectivity index (χ1n) is 9.12. The van der Waals surface area contributed by atoms with Crippen LogP contribution in [0.15, 0.2) is 41.3 Å². The number of nitrogens with zero attached hydrogens (tertiary/aromatic N) is 2. The van der Waals surface area contributed by atoms with Crippen LogP contribution >= 0.6 is 23.4 Å². The van der Waals surface area contributed by atoms with E-state index in [4.69, 9.17) is 16.3 Å². The summed E-state index contributed by atoms with van der Waals surface area (Å²) in [5.74, 6) is -0.132. The van der Waals surface area contributed by atoms with E-state index in [-0.39, 0.29) is 40.7 Å². The Balaban J connectivity index is 1.71. The number of nitrogens with one attached hydrogen (secondary N) is 1. The van der Waals surface area contributed by atoms with E-state index < -0.39 is 15.2 Å². The molecule has 4 atom stereocenters. The summed E-state index contributed by atoms with van der Waals surface area (Å²) in [6, 6.07) is 9.15. The van der Waals surface area contributed by atoms with E-state index >= 15 is 0 Å². The second-order valence-electron chi connectivity index (χ2n) is 7.07. The molecule has 0 aromatic heterocycles. The fourth-order valence-electron chi connectivity index (χ4n) is 4.31. The standard InChI is InChI=1S/C19H16ClN3O6S/c20-18-15(30-14-4-2-1-3-11(14)22(25)26)7-10-8-21-19-13(29-9-24)6-5-12(23(27)28)17(19)16(10)18/h1-6,9-10,15-16,18,21H,7-8H2. The summed E-state index contributed by atoms with van der Waals surface area (Å²) in [4.78, 5) is 33.5. The summed E-state index contributed by atoms with van der Waals surface area (Å²) >= 11 is 8.14. The lowest BCUT2D eigenvalue weighted by Gasteiger charge is -2.31. The second-order valence-corrected chi connectivity index (χ2v) is 8.86. The lowest BCUT2D eigenvalue weighted by Crippen LogP contribution is -2.28. The van der Waals surface area contributed by atoms with Gasteiger partial charge in [-0.25, -0.2) is 0 Å². The quantitative estimate of drug-likeness (QED) is 0.299. The topological polar surface area (TPSA) is 125 Å². The van der Waals surface area contributed by atoms with E-state index in [1.807, 2.05) is 0 Å². The second kappa shape index (κ2) is 8.11. The van der Waals surface area contributed by atoms with Gasteiger partial charge < -0.3 is 10.1 Å². The van der Waals surface area contributed by atoms with Crippen LogP contribution in [0.25, 0.3) is 0 Å². The molecule has 0 amide bonds. The number of carbonyl (C=O) groups is 1. The van der Waals surface area contributed by atoms with Crippen molar-refractivity contribution in [1.29, 1.82) is 0 Å². The number of nitro benzene ring substituents is 2. The van der Waals surface area contributed by atoms with Gasteiger partial charge in [0.05, 0.1) is 31.4 Å². The van der Waals surface area contributed by atoms with Gasteiger partial charge in [-0.3, -0.25) is 25.0 Å². The molecule has 11 heteroatoms. The van der Waals surface area contributed by atoms with Crippen molar-refractivity contribution in [2.24, 2.45) is 5.92 Å². The Kier molecular flexibility index (Phi) is 5.52. The molecule has 4 unspecified atom stereocenters. The molecule has 30 heavy (non-hydrogen) atoms. The number of fused-ring (bicyclic) bond motifs is 3. The third kappa shape index (κ3) is 3.46. The number of ether oxygens (including phenoxy) is 1. The average Bonchev–Trinajstić information content (AvgIpc) is 3.04. The van der Waals surface area contributed by atoms with Crippen LogP contribution in [-0.4, -0.2) is 33.5 Å². The minimum atomic E-state index is -0.495. The van der Waals surface area contributed by atoms with E-state index in [0.29, 0.717) is 29.1 Å². The molecule has 0 saturated heterocycles. The summed E-state index contributed by atoms with van der Waals surface area (Å²) in [6.45, 7) is 0.778. The Morgan fingerprint density at radius 1 is 1.13 bits per heavy atom. The average molecular weight is 450 g/mol. The first-order chi connectivity index (χ1) is 14.4. The van der Waals surface area contributed by atoms with Crippen molar-refractivity contribution in [2.75, 3.05) is 11.9 Å². The molecule has 2 aromatic carbocycles. The monoisotopic (exact) mass is 449 g/mol. The number of para-hydroxylation sites is 1. The van der Waals surface area contributed by atoms with Crippen LogP contribution in [-0.2, 0) is 4.79 Å². The van der Waals surface area contributed by atoms with Crippen LogP contribution in [0, 0.1) is 26.1 Å². The van der Waals surface area contributed by atoms with Crippen molar-refractivity contribution >= 4 is 46.9 Å². The molecule has 2 aromatic rings. The minimum absolute atomic E-state index is 0.00505. The molecule has 1 fully saturated rings. The third-order valence-electron chi connectivity index (χ3n) is 5.51. The van der Waals surface area contributed by atoms with Crippen molar-refractivity contribution in [3.8, 4) is 5.75 Å². The maximum Gasteiger partial charge on any atom is 0.298 e. The van der Waals surface area contributed by atoms with Crippen LogP contribution in [0.1, 0.15) is 17.9 Å². The van der Waals surface area contributed by atoms with Gasteiger partial charge in [0.25, 0.3) is 17.8 Å². The number of carbonyl (C=O) groups excluding carboxylic acids is 1. The number of benzene rings is 2. The van der Waals surface area contributed by atoms with Gasteiger partial charge in [0, 0.05) is 29.8 Å². The molecule has 4 rings (SSSR count). The highest BCUT2D eigenvalue weighted by Crippen LogP contribution is 2.56. The molecule has 0 bridgehead atoms. The normalized spacial score (nSPS) is 24.3. The smallest absolute Gasteiger partial charge is 0.298 e. The van der Waals surface area contributed by atoms with Crippen molar-refractivity contribution in [3.63, 3.8) is 0 Å². The zero-order valence-corrected chi connectivity index (χ0v) is 17.0. The minimum Gasteiger partial charge on any atom is -0.427 e. The van der Waals surface area contributed by atoms with Crippen molar-refractivity contribution in [1.82, 2.24) is 0 Å². The van der Waals surface area contributed by atoms with Crippen LogP contribution in [0.3, 0.4) is 0 Å². The Labute approximate surface area is 180 Å². The molecule has 1 aliphatic heterocycles. The predicted octanol–water partition coefficient (Wildman–Crippen LogP) is 4.34. The predicted molar refractivity (Wildman–Crippen MR) is 112 cm³/mol. The molecule has 2 aliphatic rings. The largest absolute Gasteiger partial charge is 0.427 e. The highest BCUT2D eigenvalue weighted by atomic mass is 35.5. The van der Waals surface area contributed by atoms with Gasteiger partial charge >= 0.3 is 0 Å². The molecule has 1 saturated carbocycles. The van der Waals surface area contributed by atoms with Gasteiger partial charge in [0.15, 0.2) is 5.75 Å². The van der Waals surface area contributed by atoms with Gasteiger partial charge in [0.1, 0.15) is 0 Å². The first kappa shape index (κ1) is 20.4. The highest BCUT2D eigenvalue weighted by molar-refractivity contribution is 8.00. The molecular formula is C19H16ClN3O6S. The van der Waals surface area contributed by atoms with Crippen LogP contribution in [0.4, 0.5) is 17.1 Å². The lowest BCUT2D eigenvalue weighted by atomic mass is 9.83. The first-order valence-corrected chi connectivity index (χ1v) is 10.4. The third-order valence-corrected chi connectivity index (χ3v) is 7.62. The van der Waals surface area contributed by atoms with E-state index in [0.717, 1.165) is 0 Å². The maximum atomic E-state index is 11.7. The fraction of sp³-hybridized carbons (Fsp3) is 0.316. The number of hydrogen-bond acceptors (Lipinski definition) is 8. The Morgan fingerprint density at radius 2 is 1.87 bits per heavy atom.